The number of urea groups is 1. The van der Waals surface area contributed by atoms with Crippen LogP contribution < -0.4 is 10.6 Å². The third-order valence-corrected chi connectivity index (χ3v) is 4.14. The fraction of sp³-hybridized carbons (Fsp3) is 0.933. The van der Waals surface area contributed by atoms with E-state index in [0.717, 1.165) is 19.5 Å². The first kappa shape index (κ1) is 17.2. The Morgan fingerprint density at radius 2 is 2.20 bits per heavy atom. The summed E-state index contributed by atoms with van der Waals surface area (Å²) in [5, 5.41) is 14.6. The number of nitrogens with zero attached hydrogens (tertiary/aromatic N) is 1. The van der Waals surface area contributed by atoms with Crippen molar-refractivity contribution in [1.29, 1.82) is 0 Å². The molecule has 2 amide bonds. The monoisotopic (exact) mass is 285 g/mol. The van der Waals surface area contributed by atoms with Crippen LogP contribution in [0.2, 0.25) is 0 Å². The molecule has 5 heteroatoms. The van der Waals surface area contributed by atoms with Crippen molar-refractivity contribution in [3.63, 3.8) is 0 Å². The van der Waals surface area contributed by atoms with Gasteiger partial charge in [0.05, 0.1) is 0 Å². The van der Waals surface area contributed by atoms with Gasteiger partial charge in [-0.25, -0.2) is 4.79 Å². The Morgan fingerprint density at radius 1 is 1.40 bits per heavy atom. The number of aliphatic hydroxyl groups is 1. The Hall–Kier alpha value is -0.810. The summed E-state index contributed by atoms with van der Waals surface area (Å²) in [5.41, 5.74) is 0. The van der Waals surface area contributed by atoms with Crippen molar-refractivity contribution in [3.8, 4) is 0 Å². The van der Waals surface area contributed by atoms with Crippen molar-refractivity contribution < 1.29 is 9.90 Å². The topological polar surface area (TPSA) is 64.6 Å². The molecule has 1 rings (SSSR count). The summed E-state index contributed by atoms with van der Waals surface area (Å²) in [6, 6.07) is 0.595. The number of piperidine rings is 1. The molecular formula is C15H31N3O2. The fourth-order valence-electron chi connectivity index (χ4n) is 2.78. The zero-order chi connectivity index (χ0) is 14.8. The Kier molecular flexibility index (Phi) is 8.62. The second-order valence-electron chi connectivity index (χ2n) is 5.85. The number of hydrogen-bond donors (Lipinski definition) is 3. The standard InChI is InChI=1S/C15H31N3O2/c1-3-14-6-4-5-9-18(14)10-8-16-15(20)17-12-13(2)7-11-19/h13-14,19H,3-12H2,1-2H3,(H2,16,17,20). The molecule has 0 saturated carbocycles. The van der Waals surface area contributed by atoms with Gasteiger partial charge in [-0.2, -0.15) is 0 Å². The molecule has 20 heavy (non-hydrogen) atoms. The number of likely N-dealkylation sites (tertiary alicyclic amines) is 1. The molecule has 0 aromatic carbocycles. The lowest BCUT2D eigenvalue weighted by Gasteiger charge is -2.35. The molecule has 1 saturated heterocycles. The molecule has 2 atom stereocenters. The summed E-state index contributed by atoms with van der Waals surface area (Å²) in [4.78, 5) is 14.1. The quantitative estimate of drug-likeness (QED) is 0.634. The Labute approximate surface area is 123 Å². The smallest absolute Gasteiger partial charge is 0.314 e. The van der Waals surface area contributed by atoms with Crippen LogP contribution in [-0.2, 0) is 0 Å². The van der Waals surface area contributed by atoms with Crippen LogP contribution in [0.25, 0.3) is 0 Å². The maximum atomic E-state index is 11.6. The summed E-state index contributed by atoms with van der Waals surface area (Å²) in [6.45, 7) is 7.87. The minimum Gasteiger partial charge on any atom is -0.396 e. The van der Waals surface area contributed by atoms with E-state index in [1.807, 2.05) is 6.92 Å². The fourth-order valence-corrected chi connectivity index (χ4v) is 2.78. The predicted octanol–water partition coefficient (Wildman–Crippen LogP) is 1.57. The molecule has 0 aromatic rings. The van der Waals surface area contributed by atoms with Crippen molar-refractivity contribution in [1.82, 2.24) is 15.5 Å². The lowest BCUT2D eigenvalue weighted by molar-refractivity contribution is 0.145. The third kappa shape index (κ3) is 6.57. The molecule has 0 bridgehead atoms. The molecule has 2 unspecified atom stereocenters. The number of amides is 2. The molecule has 3 N–H and O–H groups in total. The molecule has 1 heterocycles. The molecule has 1 fully saturated rings. The number of hydrogen-bond acceptors (Lipinski definition) is 3. The first-order chi connectivity index (χ1) is 9.67. The predicted molar refractivity (Wildman–Crippen MR) is 81.8 cm³/mol. The van der Waals surface area contributed by atoms with E-state index in [2.05, 4.69) is 22.5 Å². The van der Waals surface area contributed by atoms with Gasteiger partial charge >= 0.3 is 6.03 Å². The maximum Gasteiger partial charge on any atom is 0.314 e. The molecule has 0 radical (unpaired) electrons. The highest BCUT2D eigenvalue weighted by atomic mass is 16.3. The second-order valence-corrected chi connectivity index (χ2v) is 5.85. The van der Waals surface area contributed by atoms with Gasteiger partial charge in [0.25, 0.3) is 0 Å². The number of carbonyl (C=O) groups excluding carboxylic acids is 1. The van der Waals surface area contributed by atoms with Crippen LogP contribution in [0.3, 0.4) is 0 Å². The van der Waals surface area contributed by atoms with Gasteiger partial charge < -0.3 is 15.7 Å². The first-order valence-corrected chi connectivity index (χ1v) is 8.04. The highest BCUT2D eigenvalue weighted by molar-refractivity contribution is 5.73. The van der Waals surface area contributed by atoms with Crippen molar-refractivity contribution in [2.75, 3.05) is 32.8 Å². The van der Waals surface area contributed by atoms with Crippen LogP contribution in [0.1, 0.15) is 46.0 Å². The molecule has 118 valence electrons. The van der Waals surface area contributed by atoms with Crippen molar-refractivity contribution >= 4 is 6.03 Å². The molecule has 0 aromatic heterocycles. The summed E-state index contributed by atoms with van der Waals surface area (Å²) in [6.07, 6.45) is 5.84. The van der Waals surface area contributed by atoms with Gasteiger partial charge in [-0.15, -0.1) is 0 Å². The highest BCUT2D eigenvalue weighted by Gasteiger charge is 2.20. The molecule has 1 aliphatic rings. The van der Waals surface area contributed by atoms with E-state index in [0.29, 0.717) is 25.0 Å². The van der Waals surface area contributed by atoms with Gasteiger partial charge in [0, 0.05) is 32.3 Å². The van der Waals surface area contributed by atoms with Crippen LogP contribution in [-0.4, -0.2) is 54.9 Å². The van der Waals surface area contributed by atoms with Crippen molar-refractivity contribution in [2.45, 2.75) is 52.0 Å². The molecule has 0 aliphatic carbocycles. The van der Waals surface area contributed by atoms with Gasteiger partial charge in [-0.3, -0.25) is 4.90 Å². The van der Waals surface area contributed by atoms with E-state index in [1.54, 1.807) is 0 Å². The maximum absolute atomic E-state index is 11.6. The first-order valence-electron chi connectivity index (χ1n) is 8.04. The zero-order valence-corrected chi connectivity index (χ0v) is 13.0. The van der Waals surface area contributed by atoms with E-state index < -0.39 is 0 Å². The minimum absolute atomic E-state index is 0.0974. The number of rotatable bonds is 8. The van der Waals surface area contributed by atoms with Crippen molar-refractivity contribution in [2.24, 2.45) is 5.92 Å². The summed E-state index contributed by atoms with van der Waals surface area (Å²) in [5.74, 6) is 0.317. The van der Waals surface area contributed by atoms with E-state index in [4.69, 9.17) is 5.11 Å². The summed E-state index contributed by atoms with van der Waals surface area (Å²) in [7, 11) is 0. The average molecular weight is 285 g/mol. The van der Waals surface area contributed by atoms with Crippen molar-refractivity contribution in [3.05, 3.63) is 0 Å². The molecule has 0 spiro atoms. The third-order valence-electron chi connectivity index (χ3n) is 4.14. The largest absolute Gasteiger partial charge is 0.396 e. The number of aliphatic hydroxyl groups excluding tert-OH is 1. The molecular weight excluding hydrogens is 254 g/mol. The Bertz CT molecular complexity index is 274. The van der Waals surface area contributed by atoms with Gasteiger partial charge in [-0.05, 0) is 38.1 Å². The summed E-state index contributed by atoms with van der Waals surface area (Å²) < 4.78 is 0. The van der Waals surface area contributed by atoms with E-state index >= 15 is 0 Å². The summed E-state index contributed by atoms with van der Waals surface area (Å²) >= 11 is 0. The van der Waals surface area contributed by atoms with E-state index in [-0.39, 0.29) is 12.6 Å². The van der Waals surface area contributed by atoms with E-state index in [9.17, 15) is 4.79 Å². The Balaban J connectivity index is 2.11. The highest BCUT2D eigenvalue weighted by Crippen LogP contribution is 2.18. The van der Waals surface area contributed by atoms with Crippen LogP contribution >= 0.6 is 0 Å². The van der Waals surface area contributed by atoms with Gasteiger partial charge in [-0.1, -0.05) is 20.3 Å². The SMILES string of the molecule is CCC1CCCCN1CCNC(=O)NCC(C)CCO. The lowest BCUT2D eigenvalue weighted by atomic mass is 10.0. The van der Waals surface area contributed by atoms with Crippen LogP contribution in [0.4, 0.5) is 4.79 Å². The number of nitrogens with one attached hydrogen (secondary N) is 2. The molecule has 5 nitrogen and oxygen atoms in total. The van der Waals surface area contributed by atoms with Crippen LogP contribution in [0.15, 0.2) is 0 Å². The normalized spacial score (nSPS) is 21.4. The van der Waals surface area contributed by atoms with Crippen LogP contribution in [0.5, 0.6) is 0 Å². The number of carbonyl (C=O) groups is 1. The van der Waals surface area contributed by atoms with Crippen LogP contribution in [0, 0.1) is 5.92 Å². The molecule has 1 aliphatic heterocycles. The van der Waals surface area contributed by atoms with Gasteiger partial charge in [0.1, 0.15) is 0 Å². The Morgan fingerprint density at radius 3 is 2.90 bits per heavy atom. The van der Waals surface area contributed by atoms with Gasteiger partial charge in [0.2, 0.25) is 0 Å². The van der Waals surface area contributed by atoms with E-state index in [1.165, 1.54) is 25.7 Å². The minimum atomic E-state index is -0.0974. The van der Waals surface area contributed by atoms with Gasteiger partial charge in [0.15, 0.2) is 0 Å². The second kappa shape index (κ2) is 10.00. The zero-order valence-electron chi connectivity index (χ0n) is 13.0. The lowest BCUT2D eigenvalue weighted by Crippen LogP contribution is -2.45. The average Bonchev–Trinajstić information content (AvgIpc) is 2.46.